The lowest BCUT2D eigenvalue weighted by Gasteiger charge is -2.19. The van der Waals surface area contributed by atoms with Gasteiger partial charge in [-0.05, 0) is 13.8 Å². The largest absolute Gasteiger partial charge is 0.360 e. The number of hydrogen-bond acceptors (Lipinski definition) is 5. The van der Waals surface area contributed by atoms with E-state index in [1.165, 1.54) is 14.0 Å². The van der Waals surface area contributed by atoms with Crippen molar-refractivity contribution in [1.29, 1.82) is 0 Å². The van der Waals surface area contributed by atoms with E-state index in [4.69, 9.17) is 4.52 Å². The van der Waals surface area contributed by atoms with Gasteiger partial charge in [-0.2, -0.15) is 4.31 Å². The molecule has 0 saturated carbocycles. The number of nitrogens with zero attached hydrogens (tertiary/aromatic N) is 2. The van der Waals surface area contributed by atoms with Gasteiger partial charge in [0.1, 0.15) is 10.6 Å². The normalized spacial score (nSPS) is 11.8. The van der Waals surface area contributed by atoms with Crippen molar-refractivity contribution in [2.45, 2.75) is 25.7 Å². The number of nitrogens with one attached hydrogen (secondary N) is 1. The average molecular weight is 275 g/mol. The predicted octanol–water partition coefficient (Wildman–Crippen LogP) is 0.0480. The molecule has 18 heavy (non-hydrogen) atoms. The average Bonchev–Trinajstić information content (AvgIpc) is 2.65. The number of rotatable bonds is 5. The Balaban J connectivity index is 3.15. The van der Waals surface area contributed by atoms with Gasteiger partial charge in [0.05, 0.1) is 6.54 Å². The second kappa shape index (κ2) is 5.49. The Morgan fingerprint density at radius 2 is 2.06 bits per heavy atom. The maximum Gasteiger partial charge on any atom is 0.248 e. The molecule has 1 aromatic heterocycles. The minimum atomic E-state index is -3.76. The zero-order valence-corrected chi connectivity index (χ0v) is 11.7. The minimum absolute atomic E-state index is 0.0354. The highest BCUT2D eigenvalue weighted by atomic mass is 32.2. The highest BCUT2D eigenvalue weighted by Crippen LogP contribution is 2.22. The molecule has 1 N–H and O–H groups in total. The highest BCUT2D eigenvalue weighted by molar-refractivity contribution is 7.89. The van der Waals surface area contributed by atoms with Gasteiger partial charge in [0.15, 0.2) is 5.76 Å². The van der Waals surface area contributed by atoms with Crippen molar-refractivity contribution in [3.8, 4) is 0 Å². The van der Waals surface area contributed by atoms with E-state index < -0.39 is 10.0 Å². The molecule has 8 heteroatoms. The third kappa shape index (κ3) is 2.70. The lowest BCUT2D eigenvalue weighted by Crippen LogP contribution is -2.39. The Morgan fingerprint density at radius 3 is 2.44 bits per heavy atom. The summed E-state index contributed by atoms with van der Waals surface area (Å²) < 4.78 is 30.7. The van der Waals surface area contributed by atoms with Gasteiger partial charge in [0.25, 0.3) is 0 Å². The first-order valence-corrected chi connectivity index (χ1v) is 6.92. The molecule has 0 aliphatic rings. The summed E-state index contributed by atoms with van der Waals surface area (Å²) in [5, 5.41) is 6.01. The molecule has 1 rings (SSSR count). The van der Waals surface area contributed by atoms with Gasteiger partial charge < -0.3 is 9.84 Å². The molecule has 0 saturated heterocycles. The maximum atomic E-state index is 12.4. The third-order valence-electron chi connectivity index (χ3n) is 2.52. The van der Waals surface area contributed by atoms with E-state index in [1.807, 2.05) is 0 Å². The number of sulfonamides is 1. The summed E-state index contributed by atoms with van der Waals surface area (Å²) in [4.78, 5) is 11.3. The second-order valence-corrected chi connectivity index (χ2v) is 5.63. The number of carbonyl (C=O) groups excluding carboxylic acids is 1. The van der Waals surface area contributed by atoms with Crippen molar-refractivity contribution in [3.63, 3.8) is 0 Å². The molecule has 1 amide bonds. The van der Waals surface area contributed by atoms with Gasteiger partial charge in [0.2, 0.25) is 15.9 Å². The molecular formula is C10H17N3O4S. The van der Waals surface area contributed by atoms with Gasteiger partial charge in [-0.1, -0.05) is 12.1 Å². The lowest BCUT2D eigenvalue weighted by atomic mass is 10.4. The quantitative estimate of drug-likeness (QED) is 0.819. The molecule has 1 heterocycles. The van der Waals surface area contributed by atoms with E-state index in [-0.39, 0.29) is 29.7 Å². The van der Waals surface area contributed by atoms with Crippen LogP contribution in [0.5, 0.6) is 0 Å². The molecule has 102 valence electrons. The predicted molar refractivity (Wildman–Crippen MR) is 64.5 cm³/mol. The van der Waals surface area contributed by atoms with Crippen LogP contribution in [-0.4, -0.2) is 43.9 Å². The number of aryl methyl sites for hydroxylation is 2. The Hall–Kier alpha value is -1.41. The standard InChI is InChI=1S/C10H17N3O4S/c1-5-13(6-9(14)11-4)18(15,16)10-7(2)12-17-8(10)3/h5-6H2,1-4H3,(H,11,14). The van der Waals surface area contributed by atoms with E-state index in [0.717, 1.165) is 4.31 Å². The molecule has 0 aromatic carbocycles. The van der Waals surface area contributed by atoms with Crippen LogP contribution in [0.4, 0.5) is 0 Å². The first kappa shape index (κ1) is 14.7. The number of hydrogen-bond donors (Lipinski definition) is 1. The van der Waals surface area contributed by atoms with Crippen LogP contribution < -0.4 is 5.32 Å². The van der Waals surface area contributed by atoms with E-state index in [9.17, 15) is 13.2 Å². The van der Waals surface area contributed by atoms with Crippen LogP contribution >= 0.6 is 0 Å². The highest BCUT2D eigenvalue weighted by Gasteiger charge is 2.31. The molecule has 0 aliphatic heterocycles. The van der Waals surface area contributed by atoms with Crippen LogP contribution in [0, 0.1) is 13.8 Å². The molecule has 0 bridgehead atoms. The van der Waals surface area contributed by atoms with Crippen molar-refractivity contribution >= 4 is 15.9 Å². The van der Waals surface area contributed by atoms with Crippen LogP contribution in [0.1, 0.15) is 18.4 Å². The Kier molecular flexibility index (Phi) is 4.47. The molecule has 0 atom stereocenters. The molecule has 0 aliphatic carbocycles. The van der Waals surface area contributed by atoms with Crippen molar-refractivity contribution in [2.75, 3.05) is 20.1 Å². The topological polar surface area (TPSA) is 92.5 Å². The van der Waals surface area contributed by atoms with Crippen molar-refractivity contribution in [2.24, 2.45) is 0 Å². The number of carbonyl (C=O) groups is 1. The summed E-state index contributed by atoms with van der Waals surface area (Å²) in [5.41, 5.74) is 0.294. The summed E-state index contributed by atoms with van der Waals surface area (Å²) in [6.45, 7) is 4.72. The van der Waals surface area contributed by atoms with E-state index >= 15 is 0 Å². The summed E-state index contributed by atoms with van der Waals surface area (Å²) >= 11 is 0. The van der Waals surface area contributed by atoms with Crippen LogP contribution in [-0.2, 0) is 14.8 Å². The molecule has 7 nitrogen and oxygen atoms in total. The van der Waals surface area contributed by atoms with Crippen molar-refractivity contribution < 1.29 is 17.7 Å². The monoisotopic (exact) mass is 275 g/mol. The number of amides is 1. The van der Waals surface area contributed by atoms with E-state index in [0.29, 0.717) is 5.69 Å². The lowest BCUT2D eigenvalue weighted by molar-refractivity contribution is -0.120. The first-order valence-electron chi connectivity index (χ1n) is 5.48. The second-order valence-electron chi connectivity index (χ2n) is 3.76. The van der Waals surface area contributed by atoms with Gasteiger partial charge in [-0.3, -0.25) is 4.79 Å². The van der Waals surface area contributed by atoms with Gasteiger partial charge in [-0.25, -0.2) is 8.42 Å². The number of aromatic nitrogens is 1. The molecule has 0 radical (unpaired) electrons. The SMILES string of the molecule is CCN(CC(=O)NC)S(=O)(=O)c1c(C)noc1C. The first-order chi connectivity index (χ1) is 8.34. The summed E-state index contributed by atoms with van der Waals surface area (Å²) in [5.74, 6) is -0.143. The maximum absolute atomic E-state index is 12.4. The van der Waals surface area contributed by atoms with Crippen molar-refractivity contribution in [3.05, 3.63) is 11.5 Å². The van der Waals surface area contributed by atoms with E-state index in [1.54, 1.807) is 13.8 Å². The Morgan fingerprint density at radius 1 is 1.44 bits per heavy atom. The van der Waals surface area contributed by atoms with Gasteiger partial charge in [0, 0.05) is 13.6 Å². The van der Waals surface area contributed by atoms with Crippen LogP contribution in [0.25, 0.3) is 0 Å². The molecule has 0 unspecified atom stereocenters. The van der Waals surface area contributed by atoms with Gasteiger partial charge in [-0.15, -0.1) is 0 Å². The van der Waals surface area contributed by atoms with Crippen LogP contribution in [0.3, 0.4) is 0 Å². The summed E-state index contributed by atoms with van der Waals surface area (Å²) in [7, 11) is -2.30. The molecular weight excluding hydrogens is 258 g/mol. The smallest absolute Gasteiger partial charge is 0.248 e. The summed E-state index contributed by atoms with van der Waals surface area (Å²) in [6, 6.07) is 0. The van der Waals surface area contributed by atoms with Crippen LogP contribution in [0.15, 0.2) is 9.42 Å². The fraction of sp³-hybridized carbons (Fsp3) is 0.600. The molecule has 0 spiro atoms. The zero-order valence-electron chi connectivity index (χ0n) is 10.8. The Labute approximate surface area is 106 Å². The Bertz CT molecular complexity index is 516. The van der Waals surface area contributed by atoms with Crippen molar-refractivity contribution in [1.82, 2.24) is 14.8 Å². The van der Waals surface area contributed by atoms with Gasteiger partial charge >= 0.3 is 0 Å². The fourth-order valence-electron chi connectivity index (χ4n) is 1.58. The molecule has 0 fully saturated rings. The fourth-order valence-corrected chi connectivity index (χ4v) is 3.27. The van der Waals surface area contributed by atoms with Crippen LogP contribution in [0.2, 0.25) is 0 Å². The minimum Gasteiger partial charge on any atom is -0.360 e. The zero-order chi connectivity index (χ0) is 13.9. The van der Waals surface area contributed by atoms with E-state index in [2.05, 4.69) is 10.5 Å². The summed E-state index contributed by atoms with van der Waals surface area (Å²) in [6.07, 6.45) is 0. The molecule has 1 aromatic rings. The number of likely N-dealkylation sites (N-methyl/N-ethyl adjacent to an activating group) is 2. The third-order valence-corrected chi connectivity index (χ3v) is 4.68.